The number of amides is 2. The number of rotatable bonds is 7. The van der Waals surface area contributed by atoms with Crippen LogP contribution in [-0.4, -0.2) is 29.9 Å². The van der Waals surface area contributed by atoms with E-state index in [1.165, 1.54) is 18.4 Å². The normalized spacial score (nSPS) is 12.2. The van der Waals surface area contributed by atoms with Crippen molar-refractivity contribution in [2.75, 3.05) is 7.11 Å². The molecule has 4 aromatic rings. The Balaban J connectivity index is 1.56. The first-order chi connectivity index (χ1) is 18.6. The second-order valence-corrected chi connectivity index (χ2v) is 10.7. The van der Waals surface area contributed by atoms with Gasteiger partial charge in [0.25, 0.3) is 11.8 Å². The molecule has 0 bridgehead atoms. The number of fused-ring (bicyclic) bond motifs is 1. The van der Waals surface area contributed by atoms with E-state index in [1.807, 2.05) is 63.2 Å². The number of hydrogen-bond donors (Lipinski definition) is 2. The SMILES string of the molecule is COC(=O)/C(=C/c1sc(C)nc1C)NC(=O)c1c(C)cc(C(=O)N[C@H](C)c2cccc3ccccc23)cc1C. The number of aryl methyl sites for hydroxylation is 4. The minimum Gasteiger partial charge on any atom is -0.464 e. The highest BCUT2D eigenvalue weighted by Gasteiger charge is 2.21. The fraction of sp³-hybridized carbons (Fsp3) is 0.226. The van der Waals surface area contributed by atoms with E-state index in [9.17, 15) is 14.4 Å². The van der Waals surface area contributed by atoms with Gasteiger partial charge in [0.1, 0.15) is 5.70 Å². The highest BCUT2D eigenvalue weighted by Crippen LogP contribution is 2.25. The van der Waals surface area contributed by atoms with Crippen molar-refractivity contribution in [3.05, 3.63) is 104 Å². The van der Waals surface area contributed by atoms with Crippen LogP contribution in [0.25, 0.3) is 16.8 Å². The zero-order valence-electron chi connectivity index (χ0n) is 22.8. The minimum absolute atomic E-state index is 0.0128. The van der Waals surface area contributed by atoms with Gasteiger partial charge < -0.3 is 15.4 Å². The summed E-state index contributed by atoms with van der Waals surface area (Å²) < 4.78 is 4.89. The molecule has 8 heteroatoms. The summed E-state index contributed by atoms with van der Waals surface area (Å²) in [6, 6.07) is 17.3. The van der Waals surface area contributed by atoms with Gasteiger partial charge in [-0.05, 0) is 80.3 Å². The second kappa shape index (κ2) is 11.6. The molecule has 0 fully saturated rings. The predicted molar refractivity (Wildman–Crippen MR) is 155 cm³/mol. The van der Waals surface area contributed by atoms with Crippen molar-refractivity contribution in [1.29, 1.82) is 0 Å². The average Bonchev–Trinajstić information content (AvgIpc) is 3.22. The Labute approximate surface area is 231 Å². The van der Waals surface area contributed by atoms with Crippen molar-refractivity contribution in [3.8, 4) is 0 Å². The molecule has 0 radical (unpaired) electrons. The molecule has 200 valence electrons. The van der Waals surface area contributed by atoms with Gasteiger partial charge in [-0.25, -0.2) is 9.78 Å². The molecule has 7 nitrogen and oxygen atoms in total. The van der Waals surface area contributed by atoms with E-state index in [0.717, 1.165) is 31.9 Å². The predicted octanol–water partition coefficient (Wildman–Crippen LogP) is 5.96. The van der Waals surface area contributed by atoms with Gasteiger partial charge in [0, 0.05) is 11.1 Å². The first-order valence-corrected chi connectivity index (χ1v) is 13.4. The van der Waals surface area contributed by atoms with Crippen molar-refractivity contribution in [1.82, 2.24) is 15.6 Å². The lowest BCUT2D eigenvalue weighted by molar-refractivity contribution is -0.136. The number of carbonyl (C=O) groups excluding carboxylic acids is 3. The van der Waals surface area contributed by atoms with Crippen LogP contribution in [0.1, 0.15) is 66.0 Å². The lowest BCUT2D eigenvalue weighted by Crippen LogP contribution is -2.30. The molecule has 1 aromatic heterocycles. The van der Waals surface area contributed by atoms with Gasteiger partial charge in [-0.1, -0.05) is 42.5 Å². The summed E-state index contributed by atoms with van der Waals surface area (Å²) >= 11 is 1.42. The van der Waals surface area contributed by atoms with Gasteiger partial charge in [-0.2, -0.15) is 0 Å². The van der Waals surface area contributed by atoms with E-state index in [1.54, 1.807) is 32.1 Å². The lowest BCUT2D eigenvalue weighted by Gasteiger charge is -2.18. The Kier molecular flexibility index (Phi) is 8.26. The number of nitrogens with zero attached hydrogens (tertiary/aromatic N) is 1. The largest absolute Gasteiger partial charge is 0.464 e. The highest BCUT2D eigenvalue weighted by atomic mass is 32.1. The Bertz CT molecular complexity index is 1590. The molecule has 2 N–H and O–H groups in total. The molecule has 0 spiro atoms. The maximum atomic E-state index is 13.3. The van der Waals surface area contributed by atoms with Gasteiger partial charge in [0.15, 0.2) is 0 Å². The average molecular weight is 542 g/mol. The van der Waals surface area contributed by atoms with E-state index in [4.69, 9.17) is 4.74 Å². The summed E-state index contributed by atoms with van der Waals surface area (Å²) in [6.45, 7) is 9.20. The number of esters is 1. The molecule has 0 aliphatic heterocycles. The Morgan fingerprint density at radius 3 is 2.26 bits per heavy atom. The van der Waals surface area contributed by atoms with Gasteiger partial charge in [0.2, 0.25) is 0 Å². The third-order valence-corrected chi connectivity index (χ3v) is 7.55. The van der Waals surface area contributed by atoms with Crippen molar-refractivity contribution in [2.24, 2.45) is 0 Å². The van der Waals surface area contributed by atoms with Crippen LogP contribution >= 0.6 is 11.3 Å². The molecule has 2 amide bonds. The Morgan fingerprint density at radius 2 is 1.62 bits per heavy atom. The molecule has 1 atom stereocenters. The number of ether oxygens (including phenoxy) is 1. The number of carbonyl (C=O) groups is 3. The summed E-state index contributed by atoms with van der Waals surface area (Å²) in [4.78, 5) is 44.1. The van der Waals surface area contributed by atoms with E-state index in [2.05, 4.69) is 15.6 Å². The number of hydrogen-bond acceptors (Lipinski definition) is 6. The van der Waals surface area contributed by atoms with Gasteiger partial charge >= 0.3 is 5.97 Å². The lowest BCUT2D eigenvalue weighted by atomic mass is 9.97. The first-order valence-electron chi connectivity index (χ1n) is 12.5. The monoisotopic (exact) mass is 541 g/mol. The molecule has 3 aromatic carbocycles. The molecule has 0 unspecified atom stereocenters. The molecular weight excluding hydrogens is 510 g/mol. The molecule has 0 aliphatic carbocycles. The van der Waals surface area contributed by atoms with E-state index < -0.39 is 11.9 Å². The fourth-order valence-electron chi connectivity index (χ4n) is 4.69. The molecule has 0 aliphatic rings. The van der Waals surface area contributed by atoms with Crippen LogP contribution in [0.4, 0.5) is 0 Å². The van der Waals surface area contributed by atoms with E-state index in [0.29, 0.717) is 22.3 Å². The topological polar surface area (TPSA) is 97.4 Å². The summed E-state index contributed by atoms with van der Waals surface area (Å²) in [5.74, 6) is -1.36. The Hall–Kier alpha value is -4.30. The van der Waals surface area contributed by atoms with Gasteiger partial charge in [-0.3, -0.25) is 9.59 Å². The summed E-state index contributed by atoms with van der Waals surface area (Å²) in [6.07, 6.45) is 1.57. The number of thiazole rings is 1. The maximum Gasteiger partial charge on any atom is 0.354 e. The van der Waals surface area contributed by atoms with Crippen LogP contribution in [0, 0.1) is 27.7 Å². The van der Waals surface area contributed by atoms with Crippen molar-refractivity contribution in [2.45, 2.75) is 40.7 Å². The Morgan fingerprint density at radius 1 is 0.949 bits per heavy atom. The summed E-state index contributed by atoms with van der Waals surface area (Å²) in [5, 5.41) is 8.83. The molecule has 4 rings (SSSR count). The molecule has 0 saturated heterocycles. The summed E-state index contributed by atoms with van der Waals surface area (Å²) in [7, 11) is 1.26. The number of aromatic nitrogens is 1. The summed E-state index contributed by atoms with van der Waals surface area (Å²) in [5.41, 5.74) is 3.87. The smallest absolute Gasteiger partial charge is 0.354 e. The third kappa shape index (κ3) is 6.07. The number of methoxy groups -OCH3 is 1. The standard InChI is InChI=1S/C31H31N3O4S/c1-17-14-23(29(35)33-19(3)24-13-9-11-22-10-7-8-12-25(22)24)15-18(2)28(17)30(36)34-26(31(37)38-6)16-27-20(4)32-21(5)39-27/h7-16,19H,1-6H3,(H,33,35)(H,34,36)/b26-16-/t19-/m1/s1. The molecular formula is C31H31N3O4S. The molecule has 1 heterocycles. The fourth-order valence-corrected chi connectivity index (χ4v) is 5.56. The van der Waals surface area contributed by atoms with Crippen LogP contribution in [-0.2, 0) is 9.53 Å². The zero-order chi connectivity index (χ0) is 28.3. The number of nitrogens with one attached hydrogen (secondary N) is 2. The first kappa shape index (κ1) is 27.7. The van der Waals surface area contributed by atoms with Crippen molar-refractivity contribution in [3.63, 3.8) is 0 Å². The van der Waals surface area contributed by atoms with Crippen LogP contribution in [0.15, 0.2) is 60.3 Å². The van der Waals surface area contributed by atoms with Crippen LogP contribution in [0.5, 0.6) is 0 Å². The maximum absolute atomic E-state index is 13.3. The quantitative estimate of drug-likeness (QED) is 0.222. The minimum atomic E-state index is -0.664. The highest BCUT2D eigenvalue weighted by molar-refractivity contribution is 7.12. The van der Waals surface area contributed by atoms with Crippen molar-refractivity contribution >= 4 is 46.0 Å². The number of benzene rings is 3. The van der Waals surface area contributed by atoms with E-state index >= 15 is 0 Å². The van der Waals surface area contributed by atoms with Crippen LogP contribution in [0.3, 0.4) is 0 Å². The third-order valence-electron chi connectivity index (χ3n) is 6.53. The van der Waals surface area contributed by atoms with Crippen LogP contribution < -0.4 is 10.6 Å². The second-order valence-electron chi connectivity index (χ2n) is 9.43. The van der Waals surface area contributed by atoms with Gasteiger partial charge in [-0.15, -0.1) is 11.3 Å². The van der Waals surface area contributed by atoms with Crippen molar-refractivity contribution < 1.29 is 19.1 Å². The molecule has 0 saturated carbocycles. The van der Waals surface area contributed by atoms with Gasteiger partial charge in [0.05, 0.1) is 28.7 Å². The molecule has 39 heavy (non-hydrogen) atoms. The van der Waals surface area contributed by atoms with E-state index in [-0.39, 0.29) is 17.6 Å². The van der Waals surface area contributed by atoms with Crippen LogP contribution in [0.2, 0.25) is 0 Å². The zero-order valence-corrected chi connectivity index (χ0v) is 23.7.